The van der Waals surface area contributed by atoms with Crippen LogP contribution < -0.4 is 0 Å². The normalized spacial score (nSPS) is 11.2. The van der Waals surface area contributed by atoms with Gasteiger partial charge >= 0.3 is 0 Å². The van der Waals surface area contributed by atoms with E-state index in [9.17, 15) is 0 Å². The molecular weight excluding hydrogens is 312 g/mol. The van der Waals surface area contributed by atoms with Gasteiger partial charge in [0.05, 0.1) is 0 Å². The predicted molar refractivity (Wildman–Crippen MR) is 119 cm³/mol. The minimum atomic E-state index is 1.27. The van der Waals surface area contributed by atoms with Gasteiger partial charge in [-0.05, 0) is 36.8 Å². The van der Waals surface area contributed by atoms with Gasteiger partial charge in [0.1, 0.15) is 0 Å². The molecule has 1 aromatic carbocycles. The van der Waals surface area contributed by atoms with Crippen LogP contribution in [0.1, 0.15) is 128 Å². The Labute approximate surface area is 165 Å². The molecule has 0 saturated carbocycles. The van der Waals surface area contributed by atoms with Crippen molar-refractivity contribution in [3.05, 3.63) is 35.4 Å². The first-order valence-corrected chi connectivity index (χ1v) is 11.9. The molecular formula is C26H46. The van der Waals surface area contributed by atoms with E-state index in [-0.39, 0.29) is 0 Å². The van der Waals surface area contributed by atoms with Gasteiger partial charge in [0, 0.05) is 0 Å². The van der Waals surface area contributed by atoms with E-state index in [0.29, 0.717) is 0 Å². The van der Waals surface area contributed by atoms with Crippen molar-refractivity contribution in [1.29, 1.82) is 0 Å². The number of benzene rings is 1. The molecule has 0 amide bonds. The predicted octanol–water partition coefficient (Wildman–Crippen LogP) is 9.05. The van der Waals surface area contributed by atoms with Crippen LogP contribution in [-0.4, -0.2) is 0 Å². The zero-order valence-electron chi connectivity index (χ0n) is 18.0. The number of hydrogen-bond donors (Lipinski definition) is 0. The van der Waals surface area contributed by atoms with E-state index in [1.807, 2.05) is 0 Å². The van der Waals surface area contributed by atoms with Crippen LogP contribution in [0.15, 0.2) is 24.3 Å². The van der Waals surface area contributed by atoms with Gasteiger partial charge < -0.3 is 0 Å². The fourth-order valence-electron chi connectivity index (χ4n) is 3.92. The van der Waals surface area contributed by atoms with Crippen molar-refractivity contribution >= 4 is 0 Å². The molecule has 26 heavy (non-hydrogen) atoms. The number of hydrogen-bond acceptors (Lipinski definition) is 0. The lowest BCUT2D eigenvalue weighted by Crippen LogP contribution is -1.95. The number of unbranched alkanes of at least 4 members (excludes halogenated alkanes) is 14. The molecule has 0 saturated heterocycles. The molecule has 0 aliphatic carbocycles. The van der Waals surface area contributed by atoms with Crippen molar-refractivity contribution in [2.45, 2.75) is 129 Å². The summed E-state index contributed by atoms with van der Waals surface area (Å²) in [6.45, 7) is 4.59. The molecule has 0 aromatic heterocycles. The largest absolute Gasteiger partial charge is 0.0654 e. The number of rotatable bonds is 18. The highest BCUT2D eigenvalue weighted by Gasteiger charge is 2.01. The molecule has 0 nitrogen and oxygen atoms in total. The van der Waals surface area contributed by atoms with Crippen LogP contribution in [0.3, 0.4) is 0 Å². The molecule has 0 bridgehead atoms. The standard InChI is InChI=1S/C26H46/c1-3-5-7-8-9-10-11-12-13-14-15-16-17-18-22-26-24-20-19-23-25(26)21-6-4-2/h19-20,23-24H,3-18,21-22H2,1-2H3. The summed E-state index contributed by atoms with van der Waals surface area (Å²) in [4.78, 5) is 0. The second-order valence-corrected chi connectivity index (χ2v) is 8.22. The van der Waals surface area contributed by atoms with E-state index in [1.54, 1.807) is 11.1 Å². The minimum Gasteiger partial charge on any atom is -0.0654 e. The molecule has 0 aliphatic heterocycles. The summed E-state index contributed by atoms with van der Waals surface area (Å²) >= 11 is 0. The van der Waals surface area contributed by atoms with Gasteiger partial charge in [-0.2, -0.15) is 0 Å². The zero-order valence-corrected chi connectivity index (χ0v) is 18.0. The summed E-state index contributed by atoms with van der Waals surface area (Å²) < 4.78 is 0. The van der Waals surface area contributed by atoms with E-state index in [2.05, 4.69) is 38.1 Å². The summed E-state index contributed by atoms with van der Waals surface area (Å²) in [5.74, 6) is 0. The third-order valence-corrected chi connectivity index (χ3v) is 5.72. The summed E-state index contributed by atoms with van der Waals surface area (Å²) in [5.41, 5.74) is 3.21. The van der Waals surface area contributed by atoms with Crippen molar-refractivity contribution in [1.82, 2.24) is 0 Å². The van der Waals surface area contributed by atoms with E-state index in [4.69, 9.17) is 0 Å². The van der Waals surface area contributed by atoms with Crippen LogP contribution in [0.2, 0.25) is 0 Å². The highest BCUT2D eigenvalue weighted by molar-refractivity contribution is 5.27. The highest BCUT2D eigenvalue weighted by atomic mass is 14.1. The Morgan fingerprint density at radius 2 is 0.769 bits per heavy atom. The Balaban J connectivity index is 1.91. The van der Waals surface area contributed by atoms with Crippen molar-refractivity contribution in [3.63, 3.8) is 0 Å². The summed E-state index contributed by atoms with van der Waals surface area (Å²) in [6.07, 6.45) is 25.4. The van der Waals surface area contributed by atoms with Crippen LogP contribution in [0.4, 0.5) is 0 Å². The summed E-state index contributed by atoms with van der Waals surface area (Å²) in [5, 5.41) is 0. The van der Waals surface area contributed by atoms with Gasteiger partial charge in [-0.15, -0.1) is 0 Å². The molecule has 0 heterocycles. The summed E-state index contributed by atoms with van der Waals surface area (Å²) in [7, 11) is 0. The maximum atomic E-state index is 2.35. The lowest BCUT2D eigenvalue weighted by molar-refractivity contribution is 0.535. The molecule has 0 N–H and O–H groups in total. The lowest BCUT2D eigenvalue weighted by atomic mass is 9.97. The maximum absolute atomic E-state index is 2.35. The van der Waals surface area contributed by atoms with E-state index >= 15 is 0 Å². The molecule has 0 atom stereocenters. The minimum absolute atomic E-state index is 1.27. The fraction of sp³-hybridized carbons (Fsp3) is 0.769. The van der Waals surface area contributed by atoms with E-state index < -0.39 is 0 Å². The molecule has 0 spiro atoms. The maximum Gasteiger partial charge on any atom is -0.0276 e. The van der Waals surface area contributed by atoms with Gasteiger partial charge in [0.25, 0.3) is 0 Å². The average Bonchev–Trinajstić information content (AvgIpc) is 2.67. The van der Waals surface area contributed by atoms with Gasteiger partial charge in [0.15, 0.2) is 0 Å². The Kier molecular flexibility index (Phi) is 15.8. The third-order valence-electron chi connectivity index (χ3n) is 5.72. The SMILES string of the molecule is CCCCCCCCCCCCCCCCc1ccccc1CCCC. The molecule has 0 unspecified atom stereocenters. The monoisotopic (exact) mass is 358 g/mol. The molecule has 0 radical (unpaired) electrons. The van der Waals surface area contributed by atoms with Crippen LogP contribution >= 0.6 is 0 Å². The van der Waals surface area contributed by atoms with Crippen LogP contribution in [0, 0.1) is 0 Å². The van der Waals surface area contributed by atoms with Crippen LogP contribution in [0.5, 0.6) is 0 Å². The average molecular weight is 359 g/mol. The smallest absolute Gasteiger partial charge is 0.0276 e. The topological polar surface area (TPSA) is 0 Å². The van der Waals surface area contributed by atoms with Gasteiger partial charge in [-0.25, -0.2) is 0 Å². The first-order valence-electron chi connectivity index (χ1n) is 11.9. The molecule has 1 aromatic rings. The van der Waals surface area contributed by atoms with E-state index in [0.717, 1.165) is 0 Å². The molecule has 1 rings (SSSR count). The van der Waals surface area contributed by atoms with Gasteiger partial charge in [-0.3, -0.25) is 0 Å². The second-order valence-electron chi connectivity index (χ2n) is 8.22. The molecule has 150 valence electrons. The first kappa shape index (κ1) is 23.3. The highest BCUT2D eigenvalue weighted by Crippen LogP contribution is 2.17. The third kappa shape index (κ3) is 12.6. The summed E-state index contributed by atoms with van der Waals surface area (Å²) in [6, 6.07) is 9.12. The first-order chi connectivity index (χ1) is 12.9. The molecule has 0 heteroatoms. The van der Waals surface area contributed by atoms with Crippen molar-refractivity contribution < 1.29 is 0 Å². The lowest BCUT2D eigenvalue weighted by Gasteiger charge is -2.09. The van der Waals surface area contributed by atoms with E-state index in [1.165, 1.54) is 116 Å². The van der Waals surface area contributed by atoms with Gasteiger partial charge in [-0.1, -0.05) is 128 Å². The number of aryl methyl sites for hydroxylation is 2. The van der Waals surface area contributed by atoms with Crippen molar-refractivity contribution in [2.75, 3.05) is 0 Å². The van der Waals surface area contributed by atoms with Crippen LogP contribution in [0.25, 0.3) is 0 Å². The van der Waals surface area contributed by atoms with Crippen molar-refractivity contribution in [3.8, 4) is 0 Å². The zero-order chi connectivity index (χ0) is 18.7. The van der Waals surface area contributed by atoms with Crippen LogP contribution in [-0.2, 0) is 12.8 Å². The molecule has 0 aliphatic rings. The Morgan fingerprint density at radius 3 is 1.19 bits per heavy atom. The Bertz CT molecular complexity index is 406. The molecule has 0 fully saturated rings. The Hall–Kier alpha value is -0.780. The second kappa shape index (κ2) is 17.6. The van der Waals surface area contributed by atoms with Crippen molar-refractivity contribution in [2.24, 2.45) is 0 Å². The fourth-order valence-corrected chi connectivity index (χ4v) is 3.92. The quantitative estimate of drug-likeness (QED) is 0.229. The Morgan fingerprint density at radius 1 is 0.423 bits per heavy atom. The van der Waals surface area contributed by atoms with Gasteiger partial charge in [0.2, 0.25) is 0 Å².